The van der Waals surface area contributed by atoms with Crippen LogP contribution in [0, 0.1) is 0 Å². The molecular weight excluding hydrogens is 390 g/mol. The van der Waals surface area contributed by atoms with Gasteiger partial charge in [0.1, 0.15) is 0 Å². The van der Waals surface area contributed by atoms with Crippen molar-refractivity contribution in [3.63, 3.8) is 0 Å². The van der Waals surface area contributed by atoms with Gasteiger partial charge in [0.05, 0.1) is 12.7 Å². The SMILES string of the molecule is CNC(=O)NC(=O)C(OC(=O)c1ccc(OC(F)F)c(OC)c1)c1ccccc1. The van der Waals surface area contributed by atoms with Gasteiger partial charge in [0.15, 0.2) is 11.5 Å². The maximum absolute atomic E-state index is 12.5. The Kier molecular flexibility index (Phi) is 7.47. The number of rotatable bonds is 7. The first kappa shape index (κ1) is 21.6. The van der Waals surface area contributed by atoms with Crippen molar-refractivity contribution in [1.29, 1.82) is 0 Å². The van der Waals surface area contributed by atoms with Gasteiger partial charge < -0.3 is 19.5 Å². The topological polar surface area (TPSA) is 103 Å². The molecular formula is C19H18F2N2O6. The maximum Gasteiger partial charge on any atom is 0.387 e. The van der Waals surface area contributed by atoms with E-state index in [-0.39, 0.29) is 17.1 Å². The fourth-order valence-electron chi connectivity index (χ4n) is 2.30. The predicted octanol–water partition coefficient (Wildman–Crippen LogP) is 2.65. The number of urea groups is 1. The summed E-state index contributed by atoms with van der Waals surface area (Å²) in [5.74, 6) is -2.19. The lowest BCUT2D eigenvalue weighted by Crippen LogP contribution is -2.41. The summed E-state index contributed by atoms with van der Waals surface area (Å²) < 4.78 is 39.4. The standard InChI is InChI=1S/C19H18F2N2O6/c1-22-19(26)23-16(24)15(11-6-4-3-5-7-11)29-17(25)12-8-9-13(28-18(20)21)14(10-12)27-2/h3-10,15,18H,1-2H3,(H2,22,23,24,26). The van der Waals surface area contributed by atoms with E-state index >= 15 is 0 Å². The lowest BCUT2D eigenvalue weighted by atomic mass is 10.1. The zero-order valence-corrected chi connectivity index (χ0v) is 15.5. The number of ether oxygens (including phenoxy) is 3. The second kappa shape index (κ2) is 10.0. The minimum absolute atomic E-state index is 0.0721. The molecule has 0 radical (unpaired) electrons. The van der Waals surface area contributed by atoms with Crippen LogP contribution in [0.25, 0.3) is 0 Å². The third-order valence-electron chi connectivity index (χ3n) is 3.64. The Morgan fingerprint density at radius 1 is 1.00 bits per heavy atom. The molecule has 29 heavy (non-hydrogen) atoms. The zero-order valence-electron chi connectivity index (χ0n) is 15.5. The number of imide groups is 1. The second-order valence-corrected chi connectivity index (χ2v) is 5.51. The average Bonchev–Trinajstić information content (AvgIpc) is 2.72. The number of amides is 3. The van der Waals surface area contributed by atoms with Crippen LogP contribution < -0.4 is 20.1 Å². The Labute approximate surface area is 164 Å². The molecule has 2 aromatic carbocycles. The summed E-state index contributed by atoms with van der Waals surface area (Å²) in [6, 6.07) is 10.7. The Hall–Kier alpha value is -3.69. The van der Waals surface area contributed by atoms with Crippen LogP contribution in [-0.2, 0) is 9.53 Å². The molecule has 2 rings (SSSR count). The van der Waals surface area contributed by atoms with Crippen molar-refractivity contribution in [1.82, 2.24) is 10.6 Å². The quantitative estimate of drug-likeness (QED) is 0.683. The average molecular weight is 408 g/mol. The Bertz CT molecular complexity index is 876. The summed E-state index contributed by atoms with van der Waals surface area (Å²) in [6.45, 7) is -3.07. The summed E-state index contributed by atoms with van der Waals surface area (Å²) in [7, 11) is 2.54. The molecule has 3 amide bonds. The number of halogens is 2. The van der Waals surface area contributed by atoms with Crippen LogP contribution in [0.15, 0.2) is 48.5 Å². The van der Waals surface area contributed by atoms with E-state index < -0.39 is 30.6 Å². The number of hydrogen-bond acceptors (Lipinski definition) is 6. The number of carbonyl (C=O) groups is 3. The van der Waals surface area contributed by atoms with Gasteiger partial charge in [0.2, 0.25) is 6.10 Å². The highest BCUT2D eigenvalue weighted by Gasteiger charge is 2.27. The zero-order chi connectivity index (χ0) is 21.4. The second-order valence-electron chi connectivity index (χ2n) is 5.51. The van der Waals surface area contributed by atoms with Crippen LogP contribution in [0.1, 0.15) is 22.0 Å². The van der Waals surface area contributed by atoms with Crippen LogP contribution in [0.2, 0.25) is 0 Å². The predicted molar refractivity (Wildman–Crippen MR) is 96.8 cm³/mol. The van der Waals surface area contributed by atoms with Gasteiger partial charge >= 0.3 is 18.6 Å². The summed E-state index contributed by atoms with van der Waals surface area (Å²) >= 11 is 0. The molecule has 0 aromatic heterocycles. The number of methoxy groups -OCH3 is 1. The third-order valence-corrected chi connectivity index (χ3v) is 3.64. The van der Waals surface area contributed by atoms with E-state index in [1.54, 1.807) is 30.3 Å². The van der Waals surface area contributed by atoms with Gasteiger partial charge in [-0.3, -0.25) is 10.1 Å². The first-order chi connectivity index (χ1) is 13.8. The molecule has 154 valence electrons. The minimum Gasteiger partial charge on any atom is -0.493 e. The molecule has 0 heterocycles. The van der Waals surface area contributed by atoms with Gasteiger partial charge in [0.25, 0.3) is 5.91 Å². The number of benzene rings is 2. The van der Waals surface area contributed by atoms with Crippen molar-refractivity contribution in [2.45, 2.75) is 12.7 Å². The number of esters is 1. The van der Waals surface area contributed by atoms with Gasteiger partial charge in [-0.2, -0.15) is 8.78 Å². The maximum atomic E-state index is 12.5. The molecule has 0 saturated carbocycles. The molecule has 0 aliphatic rings. The smallest absolute Gasteiger partial charge is 0.387 e. The molecule has 1 atom stereocenters. The van der Waals surface area contributed by atoms with E-state index in [2.05, 4.69) is 10.1 Å². The third kappa shape index (κ3) is 5.89. The molecule has 0 bridgehead atoms. The van der Waals surface area contributed by atoms with E-state index in [0.717, 1.165) is 12.1 Å². The first-order valence-corrected chi connectivity index (χ1v) is 8.27. The van der Waals surface area contributed by atoms with E-state index in [1.807, 2.05) is 5.32 Å². The Morgan fingerprint density at radius 3 is 2.28 bits per heavy atom. The largest absolute Gasteiger partial charge is 0.493 e. The van der Waals surface area contributed by atoms with Gasteiger partial charge in [-0.25, -0.2) is 9.59 Å². The molecule has 0 spiro atoms. The van der Waals surface area contributed by atoms with Gasteiger partial charge in [-0.1, -0.05) is 30.3 Å². The molecule has 0 aliphatic heterocycles. The highest BCUT2D eigenvalue weighted by molar-refractivity contribution is 5.99. The summed E-state index contributed by atoms with van der Waals surface area (Å²) in [4.78, 5) is 36.4. The van der Waals surface area contributed by atoms with Crippen molar-refractivity contribution >= 4 is 17.9 Å². The summed E-state index contributed by atoms with van der Waals surface area (Å²) in [5, 5.41) is 4.27. The normalized spacial score (nSPS) is 11.3. The molecule has 0 saturated heterocycles. The van der Waals surface area contributed by atoms with Gasteiger partial charge in [0, 0.05) is 12.6 Å². The number of hydrogen-bond donors (Lipinski definition) is 2. The first-order valence-electron chi connectivity index (χ1n) is 8.27. The fraction of sp³-hybridized carbons (Fsp3) is 0.211. The van der Waals surface area contributed by atoms with Crippen molar-refractivity contribution in [3.05, 3.63) is 59.7 Å². The summed E-state index contributed by atoms with van der Waals surface area (Å²) in [5.41, 5.74) is 0.254. The van der Waals surface area contributed by atoms with E-state index in [0.29, 0.717) is 5.56 Å². The Balaban J connectivity index is 2.27. The van der Waals surface area contributed by atoms with Crippen LogP contribution in [0.5, 0.6) is 11.5 Å². The van der Waals surface area contributed by atoms with E-state index in [9.17, 15) is 23.2 Å². The molecule has 10 heteroatoms. The summed E-state index contributed by atoms with van der Waals surface area (Å²) in [6.07, 6.45) is -1.43. The molecule has 2 N–H and O–H groups in total. The van der Waals surface area contributed by atoms with Crippen LogP contribution in [0.3, 0.4) is 0 Å². The van der Waals surface area contributed by atoms with E-state index in [1.165, 1.54) is 20.2 Å². The molecule has 0 aliphatic carbocycles. The lowest BCUT2D eigenvalue weighted by molar-refractivity contribution is -0.129. The van der Waals surface area contributed by atoms with Crippen molar-refractivity contribution in [3.8, 4) is 11.5 Å². The number of carbonyl (C=O) groups excluding carboxylic acids is 3. The van der Waals surface area contributed by atoms with Crippen LogP contribution in [0.4, 0.5) is 13.6 Å². The van der Waals surface area contributed by atoms with Crippen molar-refractivity contribution < 1.29 is 37.4 Å². The van der Waals surface area contributed by atoms with E-state index in [4.69, 9.17) is 9.47 Å². The minimum atomic E-state index is -3.07. The molecule has 2 aromatic rings. The number of nitrogens with one attached hydrogen (secondary N) is 2. The fourth-order valence-corrected chi connectivity index (χ4v) is 2.30. The van der Waals surface area contributed by atoms with Gasteiger partial charge in [-0.05, 0) is 18.2 Å². The highest BCUT2D eigenvalue weighted by Crippen LogP contribution is 2.30. The lowest BCUT2D eigenvalue weighted by Gasteiger charge is -2.18. The number of alkyl halides is 2. The van der Waals surface area contributed by atoms with Crippen LogP contribution >= 0.6 is 0 Å². The van der Waals surface area contributed by atoms with Gasteiger partial charge in [-0.15, -0.1) is 0 Å². The monoisotopic (exact) mass is 408 g/mol. The van der Waals surface area contributed by atoms with Crippen molar-refractivity contribution in [2.24, 2.45) is 0 Å². The molecule has 1 unspecified atom stereocenters. The van der Waals surface area contributed by atoms with Crippen molar-refractivity contribution in [2.75, 3.05) is 14.2 Å². The molecule has 0 fully saturated rings. The highest BCUT2D eigenvalue weighted by atomic mass is 19.3. The molecule has 8 nitrogen and oxygen atoms in total. The van der Waals surface area contributed by atoms with Crippen LogP contribution in [-0.4, -0.2) is 38.7 Å². The Morgan fingerprint density at radius 2 is 1.69 bits per heavy atom.